The van der Waals surface area contributed by atoms with Gasteiger partial charge in [0.2, 0.25) is 0 Å². The van der Waals surface area contributed by atoms with Crippen LogP contribution in [0.25, 0.3) is 0 Å². The molecule has 108 valence electrons. The summed E-state index contributed by atoms with van der Waals surface area (Å²) in [4.78, 5) is 2.19. The Morgan fingerprint density at radius 3 is 2.58 bits per heavy atom. The SMILES string of the molecule is CCNC(CCN(C)CC(C)O)c1ccccc1C. The maximum atomic E-state index is 9.40. The fraction of sp³-hybridized carbons (Fsp3) is 0.625. The minimum Gasteiger partial charge on any atom is -0.392 e. The van der Waals surface area contributed by atoms with Gasteiger partial charge in [-0.15, -0.1) is 0 Å². The number of hydrogen-bond acceptors (Lipinski definition) is 3. The van der Waals surface area contributed by atoms with Crippen molar-refractivity contribution in [1.29, 1.82) is 0 Å². The minimum atomic E-state index is -0.263. The standard InChI is InChI=1S/C16H28N2O/c1-5-17-16(10-11-18(4)12-14(3)19)15-9-7-6-8-13(15)2/h6-9,14,16-17,19H,5,10-12H2,1-4H3. The van der Waals surface area contributed by atoms with Crippen molar-refractivity contribution in [2.75, 3.05) is 26.7 Å². The average molecular weight is 264 g/mol. The molecule has 1 rings (SSSR count). The Kier molecular flexibility index (Phi) is 7.06. The topological polar surface area (TPSA) is 35.5 Å². The van der Waals surface area contributed by atoms with Gasteiger partial charge >= 0.3 is 0 Å². The number of nitrogens with one attached hydrogen (secondary N) is 1. The van der Waals surface area contributed by atoms with Gasteiger partial charge in [-0.05, 0) is 51.5 Å². The quantitative estimate of drug-likeness (QED) is 0.756. The summed E-state index contributed by atoms with van der Waals surface area (Å²) in [6.45, 7) is 8.83. The van der Waals surface area contributed by atoms with Crippen LogP contribution < -0.4 is 5.32 Å². The molecule has 0 aliphatic heterocycles. The van der Waals surface area contributed by atoms with Gasteiger partial charge in [0, 0.05) is 12.6 Å². The maximum Gasteiger partial charge on any atom is 0.0638 e. The fourth-order valence-electron chi connectivity index (χ4n) is 2.48. The van der Waals surface area contributed by atoms with Gasteiger partial charge in [-0.2, -0.15) is 0 Å². The van der Waals surface area contributed by atoms with E-state index in [4.69, 9.17) is 0 Å². The van der Waals surface area contributed by atoms with E-state index >= 15 is 0 Å². The monoisotopic (exact) mass is 264 g/mol. The van der Waals surface area contributed by atoms with Crippen molar-refractivity contribution in [2.24, 2.45) is 0 Å². The molecule has 0 radical (unpaired) electrons. The molecular formula is C16H28N2O. The molecule has 1 aromatic carbocycles. The molecule has 2 unspecified atom stereocenters. The molecule has 0 amide bonds. The third kappa shape index (κ3) is 5.72. The molecule has 3 heteroatoms. The highest BCUT2D eigenvalue weighted by atomic mass is 16.3. The molecule has 0 aliphatic carbocycles. The van der Waals surface area contributed by atoms with Crippen molar-refractivity contribution >= 4 is 0 Å². The molecule has 0 fully saturated rings. The third-order valence-corrected chi connectivity index (χ3v) is 3.39. The predicted molar refractivity (Wildman–Crippen MR) is 81.4 cm³/mol. The predicted octanol–water partition coefficient (Wildman–Crippen LogP) is 2.35. The lowest BCUT2D eigenvalue weighted by Crippen LogP contribution is -2.31. The molecule has 0 bridgehead atoms. The van der Waals surface area contributed by atoms with Crippen LogP contribution in [0.15, 0.2) is 24.3 Å². The maximum absolute atomic E-state index is 9.40. The van der Waals surface area contributed by atoms with E-state index < -0.39 is 0 Å². The zero-order valence-corrected chi connectivity index (χ0v) is 12.7. The lowest BCUT2D eigenvalue weighted by Gasteiger charge is -2.24. The van der Waals surface area contributed by atoms with Crippen molar-refractivity contribution in [3.05, 3.63) is 35.4 Å². The number of aryl methyl sites for hydroxylation is 1. The first-order valence-corrected chi connectivity index (χ1v) is 7.20. The Bertz CT molecular complexity index is 366. The van der Waals surface area contributed by atoms with Crippen LogP contribution in [0.3, 0.4) is 0 Å². The second-order valence-electron chi connectivity index (χ2n) is 5.37. The van der Waals surface area contributed by atoms with E-state index in [2.05, 4.69) is 55.4 Å². The molecule has 0 saturated heterocycles. The van der Waals surface area contributed by atoms with Gasteiger partial charge in [0.15, 0.2) is 0 Å². The van der Waals surface area contributed by atoms with Crippen molar-refractivity contribution in [2.45, 2.75) is 39.3 Å². The third-order valence-electron chi connectivity index (χ3n) is 3.39. The second-order valence-corrected chi connectivity index (χ2v) is 5.37. The Morgan fingerprint density at radius 1 is 1.32 bits per heavy atom. The largest absolute Gasteiger partial charge is 0.392 e. The molecule has 0 aromatic heterocycles. The summed E-state index contributed by atoms with van der Waals surface area (Å²) in [5, 5.41) is 13.0. The molecule has 1 aromatic rings. The van der Waals surface area contributed by atoms with Crippen LogP contribution in [0.2, 0.25) is 0 Å². The highest BCUT2D eigenvalue weighted by Gasteiger charge is 2.13. The normalized spacial score (nSPS) is 14.6. The van der Waals surface area contributed by atoms with Gasteiger partial charge in [0.05, 0.1) is 6.10 Å². The molecular weight excluding hydrogens is 236 g/mol. The Hall–Kier alpha value is -0.900. The number of rotatable bonds is 8. The summed E-state index contributed by atoms with van der Waals surface area (Å²) in [5.74, 6) is 0. The van der Waals surface area contributed by atoms with Crippen LogP contribution in [-0.4, -0.2) is 42.8 Å². The van der Waals surface area contributed by atoms with Gasteiger partial charge in [-0.25, -0.2) is 0 Å². The zero-order chi connectivity index (χ0) is 14.3. The van der Waals surface area contributed by atoms with Gasteiger partial charge in [0.25, 0.3) is 0 Å². The van der Waals surface area contributed by atoms with Crippen LogP contribution in [0.5, 0.6) is 0 Å². The number of nitrogens with zero attached hydrogens (tertiary/aromatic N) is 1. The average Bonchev–Trinajstić information content (AvgIpc) is 2.34. The Labute approximate surface area is 117 Å². The van der Waals surface area contributed by atoms with Crippen molar-refractivity contribution in [3.8, 4) is 0 Å². The van der Waals surface area contributed by atoms with Gasteiger partial charge < -0.3 is 15.3 Å². The number of aliphatic hydroxyl groups excluding tert-OH is 1. The highest BCUT2D eigenvalue weighted by Crippen LogP contribution is 2.20. The summed E-state index contributed by atoms with van der Waals surface area (Å²) in [5.41, 5.74) is 2.72. The van der Waals surface area contributed by atoms with Crippen LogP contribution in [0.1, 0.15) is 37.4 Å². The van der Waals surface area contributed by atoms with Crippen LogP contribution in [-0.2, 0) is 0 Å². The van der Waals surface area contributed by atoms with E-state index in [9.17, 15) is 5.11 Å². The fourth-order valence-corrected chi connectivity index (χ4v) is 2.48. The second kappa shape index (κ2) is 8.31. The molecule has 19 heavy (non-hydrogen) atoms. The highest BCUT2D eigenvalue weighted by molar-refractivity contribution is 5.28. The lowest BCUT2D eigenvalue weighted by molar-refractivity contribution is 0.139. The molecule has 2 atom stereocenters. The van der Waals surface area contributed by atoms with Crippen molar-refractivity contribution in [3.63, 3.8) is 0 Å². The van der Waals surface area contributed by atoms with Crippen molar-refractivity contribution < 1.29 is 5.11 Å². The molecule has 0 heterocycles. The molecule has 0 spiro atoms. The van der Waals surface area contributed by atoms with E-state index in [0.29, 0.717) is 6.04 Å². The zero-order valence-electron chi connectivity index (χ0n) is 12.7. The van der Waals surface area contributed by atoms with Crippen LogP contribution in [0.4, 0.5) is 0 Å². The van der Waals surface area contributed by atoms with E-state index in [1.807, 2.05) is 6.92 Å². The van der Waals surface area contributed by atoms with E-state index in [-0.39, 0.29) is 6.10 Å². The van der Waals surface area contributed by atoms with Gasteiger partial charge in [0.1, 0.15) is 0 Å². The number of aliphatic hydroxyl groups is 1. The summed E-state index contributed by atoms with van der Waals surface area (Å²) in [7, 11) is 2.06. The number of likely N-dealkylation sites (N-methyl/N-ethyl adjacent to an activating group) is 1. The van der Waals surface area contributed by atoms with Gasteiger partial charge in [-0.3, -0.25) is 0 Å². The Balaban J connectivity index is 2.61. The van der Waals surface area contributed by atoms with E-state index in [0.717, 1.165) is 26.1 Å². The number of benzene rings is 1. The van der Waals surface area contributed by atoms with Crippen LogP contribution in [0, 0.1) is 6.92 Å². The molecule has 2 N–H and O–H groups in total. The first-order valence-electron chi connectivity index (χ1n) is 7.20. The smallest absolute Gasteiger partial charge is 0.0638 e. The minimum absolute atomic E-state index is 0.263. The first-order chi connectivity index (χ1) is 9.04. The lowest BCUT2D eigenvalue weighted by atomic mass is 9.98. The van der Waals surface area contributed by atoms with E-state index in [1.165, 1.54) is 11.1 Å². The van der Waals surface area contributed by atoms with E-state index in [1.54, 1.807) is 0 Å². The molecule has 0 saturated carbocycles. The molecule has 0 aliphatic rings. The van der Waals surface area contributed by atoms with Gasteiger partial charge in [-0.1, -0.05) is 31.2 Å². The summed E-state index contributed by atoms with van der Waals surface area (Å²) in [6, 6.07) is 8.95. The molecule has 3 nitrogen and oxygen atoms in total. The first kappa shape index (κ1) is 16.2. The van der Waals surface area contributed by atoms with Crippen LogP contribution >= 0.6 is 0 Å². The summed E-state index contributed by atoms with van der Waals surface area (Å²) < 4.78 is 0. The van der Waals surface area contributed by atoms with Crippen molar-refractivity contribution in [1.82, 2.24) is 10.2 Å². The summed E-state index contributed by atoms with van der Waals surface area (Å²) in [6.07, 6.45) is 0.795. The summed E-state index contributed by atoms with van der Waals surface area (Å²) >= 11 is 0. The number of hydrogen-bond donors (Lipinski definition) is 2. The Morgan fingerprint density at radius 2 is 2.00 bits per heavy atom.